The third kappa shape index (κ3) is 1.88. The average Bonchev–Trinajstić information content (AvgIpc) is 2.45. The molecule has 0 atom stereocenters. The lowest BCUT2D eigenvalue weighted by Gasteiger charge is -2.15. The average molecular weight is 302 g/mol. The second-order valence-corrected chi connectivity index (χ2v) is 4.64. The highest BCUT2D eigenvalue weighted by Crippen LogP contribution is 2.31. The molecule has 0 spiro atoms. The van der Waals surface area contributed by atoms with Crippen LogP contribution in [0.2, 0.25) is 0 Å². The van der Waals surface area contributed by atoms with E-state index in [1.54, 1.807) is 0 Å². The zero-order valence-corrected chi connectivity index (χ0v) is 10.1. The summed E-state index contributed by atoms with van der Waals surface area (Å²) in [6.45, 7) is 3.57. The van der Waals surface area contributed by atoms with Crippen molar-refractivity contribution in [2.75, 3.05) is 11.4 Å². The molecular weight excluding hydrogens is 296 g/mol. The monoisotopic (exact) mass is 301 g/mol. The lowest BCUT2D eigenvalue weighted by atomic mass is 10.1. The maximum Gasteiger partial charge on any atom is 0.299 e. The number of carbonyl (C=O) groups excluding carboxylic acids is 2. The molecule has 1 aliphatic heterocycles. The molecular formula is C11H6BrF2NO2. The van der Waals surface area contributed by atoms with Crippen molar-refractivity contribution in [3.8, 4) is 0 Å². The highest BCUT2D eigenvalue weighted by Gasteiger charge is 2.36. The number of hydrogen-bond acceptors (Lipinski definition) is 2. The van der Waals surface area contributed by atoms with Gasteiger partial charge in [0.15, 0.2) is 11.6 Å². The minimum atomic E-state index is -1.15. The second kappa shape index (κ2) is 4.03. The first-order valence-corrected chi connectivity index (χ1v) is 5.39. The standard InChI is InChI=1S/C11H6BrF2NO2/c1-5(12)4-15-9-3-8(14)7(13)2-6(9)10(16)11(15)17/h2-3H,1,4H2. The van der Waals surface area contributed by atoms with Gasteiger partial charge in [0.25, 0.3) is 11.7 Å². The van der Waals surface area contributed by atoms with Gasteiger partial charge in [0.2, 0.25) is 0 Å². The molecule has 1 amide bonds. The Labute approximate surface area is 104 Å². The first-order valence-electron chi connectivity index (χ1n) is 4.60. The van der Waals surface area contributed by atoms with E-state index in [1.165, 1.54) is 0 Å². The highest BCUT2D eigenvalue weighted by molar-refractivity contribution is 9.11. The molecule has 1 heterocycles. The molecule has 3 nitrogen and oxygen atoms in total. The lowest BCUT2D eigenvalue weighted by molar-refractivity contribution is -0.114. The van der Waals surface area contributed by atoms with Gasteiger partial charge in [0, 0.05) is 10.5 Å². The number of amides is 1. The smallest absolute Gasteiger partial charge is 0.299 e. The molecule has 1 aromatic rings. The van der Waals surface area contributed by atoms with E-state index in [1.807, 2.05) is 0 Å². The molecule has 1 aliphatic rings. The van der Waals surface area contributed by atoms with Crippen molar-refractivity contribution in [2.45, 2.75) is 0 Å². The van der Waals surface area contributed by atoms with E-state index in [0.717, 1.165) is 17.0 Å². The van der Waals surface area contributed by atoms with Crippen molar-refractivity contribution in [3.05, 3.63) is 40.4 Å². The van der Waals surface area contributed by atoms with Crippen molar-refractivity contribution in [3.63, 3.8) is 0 Å². The highest BCUT2D eigenvalue weighted by atomic mass is 79.9. The van der Waals surface area contributed by atoms with E-state index in [0.29, 0.717) is 4.48 Å². The van der Waals surface area contributed by atoms with E-state index in [9.17, 15) is 18.4 Å². The minimum absolute atomic E-state index is 0.0304. The predicted octanol–water partition coefficient (Wildman–Crippen LogP) is 2.40. The van der Waals surface area contributed by atoms with Gasteiger partial charge in [-0.15, -0.1) is 0 Å². The van der Waals surface area contributed by atoms with Crippen molar-refractivity contribution >= 4 is 33.3 Å². The number of anilines is 1. The van der Waals surface area contributed by atoms with Gasteiger partial charge in [-0.05, 0) is 6.07 Å². The van der Waals surface area contributed by atoms with E-state index in [2.05, 4.69) is 22.5 Å². The van der Waals surface area contributed by atoms with Gasteiger partial charge >= 0.3 is 0 Å². The summed E-state index contributed by atoms with van der Waals surface area (Å²) >= 11 is 3.05. The normalized spacial score (nSPS) is 14.2. The summed E-state index contributed by atoms with van der Waals surface area (Å²) in [7, 11) is 0. The fourth-order valence-electron chi connectivity index (χ4n) is 1.62. The Hall–Kier alpha value is -1.56. The second-order valence-electron chi connectivity index (χ2n) is 3.52. The van der Waals surface area contributed by atoms with Gasteiger partial charge in [-0.1, -0.05) is 22.5 Å². The molecule has 0 saturated heterocycles. The molecule has 0 aromatic heterocycles. The Morgan fingerprint density at radius 1 is 1.29 bits per heavy atom. The number of fused-ring (bicyclic) bond motifs is 1. The minimum Gasteiger partial charge on any atom is -0.300 e. The zero-order chi connectivity index (χ0) is 12.7. The molecule has 0 aliphatic carbocycles. The first-order chi connectivity index (χ1) is 7.91. The van der Waals surface area contributed by atoms with Crippen LogP contribution in [0.1, 0.15) is 10.4 Å². The Bertz CT molecular complexity index is 557. The van der Waals surface area contributed by atoms with Gasteiger partial charge in [0.05, 0.1) is 17.8 Å². The maximum absolute atomic E-state index is 13.1. The Kier molecular flexibility index (Phi) is 2.82. The first kappa shape index (κ1) is 11.9. The molecule has 0 saturated carbocycles. The number of halogens is 3. The van der Waals surface area contributed by atoms with Crippen LogP contribution in [0.25, 0.3) is 0 Å². The summed E-state index contributed by atoms with van der Waals surface area (Å²) in [6, 6.07) is 1.57. The molecule has 2 rings (SSSR count). The van der Waals surface area contributed by atoms with E-state index in [4.69, 9.17) is 0 Å². The largest absolute Gasteiger partial charge is 0.300 e. The van der Waals surface area contributed by atoms with Gasteiger partial charge < -0.3 is 0 Å². The van der Waals surface area contributed by atoms with Crippen LogP contribution in [-0.4, -0.2) is 18.2 Å². The van der Waals surface area contributed by atoms with Crippen LogP contribution in [-0.2, 0) is 4.79 Å². The van der Waals surface area contributed by atoms with Crippen LogP contribution in [0.3, 0.4) is 0 Å². The lowest BCUT2D eigenvalue weighted by Crippen LogP contribution is -2.30. The molecule has 1 aromatic carbocycles. The van der Waals surface area contributed by atoms with Crippen LogP contribution >= 0.6 is 15.9 Å². The fraction of sp³-hybridized carbons (Fsp3) is 0.0909. The fourth-order valence-corrected chi connectivity index (χ4v) is 1.87. The molecule has 0 unspecified atom stereocenters. The topological polar surface area (TPSA) is 37.4 Å². The van der Waals surface area contributed by atoms with Crippen LogP contribution < -0.4 is 4.90 Å². The zero-order valence-electron chi connectivity index (χ0n) is 8.47. The van der Waals surface area contributed by atoms with Gasteiger partial charge in [-0.2, -0.15) is 0 Å². The SMILES string of the molecule is C=C(Br)CN1C(=O)C(=O)c2cc(F)c(F)cc21. The third-order valence-electron chi connectivity index (χ3n) is 2.34. The predicted molar refractivity (Wildman–Crippen MR) is 61.1 cm³/mol. The van der Waals surface area contributed by atoms with E-state index >= 15 is 0 Å². The number of ketones is 1. The number of benzene rings is 1. The number of carbonyl (C=O) groups is 2. The van der Waals surface area contributed by atoms with Crippen LogP contribution in [0.4, 0.5) is 14.5 Å². The molecule has 0 radical (unpaired) electrons. The Morgan fingerprint density at radius 3 is 2.47 bits per heavy atom. The van der Waals surface area contributed by atoms with E-state index < -0.39 is 23.3 Å². The Morgan fingerprint density at radius 2 is 1.88 bits per heavy atom. The van der Waals surface area contributed by atoms with Crippen LogP contribution in [0.5, 0.6) is 0 Å². The van der Waals surface area contributed by atoms with Crippen LogP contribution in [0.15, 0.2) is 23.2 Å². The molecule has 0 bridgehead atoms. The molecule has 0 fully saturated rings. The third-order valence-corrected chi connectivity index (χ3v) is 2.59. The van der Waals surface area contributed by atoms with Crippen molar-refractivity contribution < 1.29 is 18.4 Å². The summed E-state index contributed by atoms with van der Waals surface area (Å²) in [5.74, 6) is -3.90. The molecule has 88 valence electrons. The van der Waals surface area contributed by atoms with Crippen molar-refractivity contribution in [1.82, 2.24) is 0 Å². The quantitative estimate of drug-likeness (QED) is 0.787. The Balaban J connectivity index is 2.56. The van der Waals surface area contributed by atoms with Gasteiger partial charge in [-0.25, -0.2) is 8.78 Å². The number of hydrogen-bond donors (Lipinski definition) is 0. The molecule has 17 heavy (non-hydrogen) atoms. The number of rotatable bonds is 2. The van der Waals surface area contributed by atoms with Crippen LogP contribution in [0, 0.1) is 11.6 Å². The summed E-state index contributed by atoms with van der Waals surface area (Å²) in [5, 5.41) is 0. The van der Waals surface area contributed by atoms with Gasteiger partial charge in [-0.3, -0.25) is 14.5 Å². The number of nitrogens with zero attached hydrogens (tertiary/aromatic N) is 1. The van der Waals surface area contributed by atoms with E-state index in [-0.39, 0.29) is 17.8 Å². The van der Waals surface area contributed by atoms with Crippen molar-refractivity contribution in [2.24, 2.45) is 0 Å². The summed E-state index contributed by atoms with van der Waals surface area (Å²) in [6.07, 6.45) is 0. The molecule has 6 heteroatoms. The number of Topliss-reactive ketones (excluding diaryl/α,β-unsaturated/α-hetero) is 1. The molecule has 0 N–H and O–H groups in total. The summed E-state index contributed by atoms with van der Waals surface area (Å²) in [5.41, 5.74) is -0.0536. The summed E-state index contributed by atoms with van der Waals surface area (Å²) in [4.78, 5) is 24.2. The van der Waals surface area contributed by atoms with Crippen molar-refractivity contribution in [1.29, 1.82) is 0 Å². The summed E-state index contributed by atoms with van der Waals surface area (Å²) < 4.78 is 26.5. The maximum atomic E-state index is 13.1. The van der Waals surface area contributed by atoms with Gasteiger partial charge in [0.1, 0.15) is 0 Å².